The highest BCUT2D eigenvalue weighted by Gasteiger charge is 2.34. The van der Waals surface area contributed by atoms with Gasteiger partial charge in [0.2, 0.25) is 11.8 Å². The number of benzene rings is 1. The zero-order valence-corrected chi connectivity index (χ0v) is 12.0. The van der Waals surface area contributed by atoms with Gasteiger partial charge in [0.05, 0.1) is 11.8 Å². The van der Waals surface area contributed by atoms with Crippen LogP contribution >= 0.6 is 12.4 Å². The van der Waals surface area contributed by atoms with E-state index in [1.165, 1.54) is 12.8 Å². The molecule has 1 aromatic carbocycles. The Balaban J connectivity index is 0.000000197. The van der Waals surface area contributed by atoms with Crippen molar-refractivity contribution in [2.45, 2.75) is 12.8 Å². The molecule has 1 heterocycles. The topological polar surface area (TPSA) is 98.2 Å². The van der Waals surface area contributed by atoms with Gasteiger partial charge in [-0.2, -0.15) is 0 Å². The van der Waals surface area contributed by atoms with Gasteiger partial charge in [-0.25, -0.2) is 0 Å². The van der Waals surface area contributed by atoms with Crippen LogP contribution < -0.4 is 16.8 Å². The fraction of sp³-hybridized carbons (Fsp3) is 0.429. The van der Waals surface area contributed by atoms with Gasteiger partial charge in [-0.15, -0.1) is 12.4 Å². The van der Waals surface area contributed by atoms with Gasteiger partial charge in [0.25, 0.3) is 0 Å². The SMILES string of the molecule is Cl.NC(=O)C1CNCC1C(N)=O.c1ccc2c(c1)CC2. The van der Waals surface area contributed by atoms with Gasteiger partial charge < -0.3 is 16.8 Å². The first-order valence-corrected chi connectivity index (χ1v) is 6.45. The Hall–Kier alpha value is -1.59. The second-order valence-corrected chi connectivity index (χ2v) is 4.94. The van der Waals surface area contributed by atoms with Crippen molar-refractivity contribution in [3.63, 3.8) is 0 Å². The van der Waals surface area contributed by atoms with E-state index in [9.17, 15) is 9.59 Å². The fourth-order valence-corrected chi connectivity index (χ4v) is 2.41. The van der Waals surface area contributed by atoms with Gasteiger partial charge in [-0.1, -0.05) is 24.3 Å². The summed E-state index contributed by atoms with van der Waals surface area (Å²) in [7, 11) is 0. The molecule has 0 bridgehead atoms. The van der Waals surface area contributed by atoms with Gasteiger partial charge in [0, 0.05) is 13.1 Å². The Morgan fingerprint density at radius 3 is 1.60 bits per heavy atom. The number of fused-ring (bicyclic) bond motifs is 1. The van der Waals surface area contributed by atoms with Gasteiger partial charge in [0.15, 0.2) is 0 Å². The van der Waals surface area contributed by atoms with Crippen LogP contribution in [0.1, 0.15) is 11.1 Å². The lowest BCUT2D eigenvalue weighted by molar-refractivity contribution is -0.129. The minimum absolute atomic E-state index is 0. The molecule has 5 N–H and O–H groups in total. The number of amides is 2. The summed E-state index contributed by atoms with van der Waals surface area (Å²) in [5, 5.41) is 2.88. The number of hydrogen-bond donors (Lipinski definition) is 3. The van der Waals surface area contributed by atoms with Crippen molar-refractivity contribution < 1.29 is 9.59 Å². The van der Waals surface area contributed by atoms with Crippen LogP contribution in [0.2, 0.25) is 0 Å². The predicted molar refractivity (Wildman–Crippen MR) is 79.3 cm³/mol. The number of carbonyl (C=O) groups is 2. The smallest absolute Gasteiger partial charge is 0.222 e. The summed E-state index contributed by atoms with van der Waals surface area (Å²) in [6.07, 6.45) is 2.60. The number of carbonyl (C=O) groups excluding carboxylic acids is 2. The summed E-state index contributed by atoms with van der Waals surface area (Å²) in [6, 6.07) is 8.63. The molecule has 0 spiro atoms. The maximum atomic E-state index is 10.7. The average molecular weight is 298 g/mol. The van der Waals surface area contributed by atoms with E-state index in [0.29, 0.717) is 13.1 Å². The molecule has 2 atom stereocenters. The molecule has 1 aromatic rings. The Labute approximate surface area is 124 Å². The van der Waals surface area contributed by atoms with Crippen LogP contribution in [0.3, 0.4) is 0 Å². The van der Waals surface area contributed by atoms with Crippen molar-refractivity contribution in [3.8, 4) is 0 Å². The molecule has 3 rings (SSSR count). The maximum absolute atomic E-state index is 10.7. The van der Waals surface area contributed by atoms with Crippen molar-refractivity contribution >= 4 is 24.2 Å². The van der Waals surface area contributed by atoms with Crippen LogP contribution in [0.25, 0.3) is 0 Å². The zero-order chi connectivity index (χ0) is 13.8. The summed E-state index contributed by atoms with van der Waals surface area (Å²) >= 11 is 0. The summed E-state index contributed by atoms with van der Waals surface area (Å²) in [6.45, 7) is 0.923. The predicted octanol–water partition coefficient (Wildman–Crippen LogP) is -0.000400. The Morgan fingerprint density at radius 1 is 0.950 bits per heavy atom. The average Bonchev–Trinajstić information content (AvgIpc) is 2.81. The van der Waals surface area contributed by atoms with E-state index in [4.69, 9.17) is 11.5 Å². The summed E-state index contributed by atoms with van der Waals surface area (Å²) in [5.41, 5.74) is 13.2. The first-order chi connectivity index (χ1) is 9.09. The number of halogens is 1. The van der Waals surface area contributed by atoms with Crippen LogP contribution in [0.4, 0.5) is 0 Å². The number of aryl methyl sites for hydroxylation is 2. The highest BCUT2D eigenvalue weighted by molar-refractivity contribution is 5.87. The second-order valence-electron chi connectivity index (χ2n) is 4.94. The molecule has 1 saturated heterocycles. The normalized spacial score (nSPS) is 22.4. The molecule has 6 heteroatoms. The summed E-state index contributed by atoms with van der Waals surface area (Å²) < 4.78 is 0. The molecule has 2 unspecified atom stereocenters. The fourth-order valence-electron chi connectivity index (χ4n) is 2.41. The number of rotatable bonds is 2. The minimum atomic E-state index is -0.459. The largest absolute Gasteiger partial charge is 0.369 e. The van der Waals surface area contributed by atoms with E-state index in [2.05, 4.69) is 29.6 Å². The lowest BCUT2D eigenvalue weighted by Crippen LogP contribution is -2.36. The van der Waals surface area contributed by atoms with E-state index in [1.54, 1.807) is 11.1 Å². The highest BCUT2D eigenvalue weighted by Crippen LogP contribution is 2.20. The Bertz CT molecular complexity index is 450. The monoisotopic (exact) mass is 297 g/mol. The van der Waals surface area contributed by atoms with Crippen molar-refractivity contribution in [3.05, 3.63) is 35.4 Å². The lowest BCUT2D eigenvalue weighted by Gasteiger charge is -2.16. The third kappa shape index (κ3) is 3.71. The maximum Gasteiger partial charge on any atom is 0.222 e. The third-order valence-electron chi connectivity index (χ3n) is 3.73. The van der Waals surface area contributed by atoms with Crippen LogP contribution in [0.5, 0.6) is 0 Å². The lowest BCUT2D eigenvalue weighted by atomic mass is 9.89. The molecule has 110 valence electrons. The van der Waals surface area contributed by atoms with Gasteiger partial charge in [-0.3, -0.25) is 9.59 Å². The van der Waals surface area contributed by atoms with E-state index < -0.39 is 23.7 Å². The molecule has 5 nitrogen and oxygen atoms in total. The molecular weight excluding hydrogens is 278 g/mol. The van der Waals surface area contributed by atoms with Gasteiger partial charge in [-0.05, 0) is 24.0 Å². The zero-order valence-electron chi connectivity index (χ0n) is 11.2. The minimum Gasteiger partial charge on any atom is -0.369 e. The van der Waals surface area contributed by atoms with Crippen LogP contribution in [0.15, 0.2) is 24.3 Å². The van der Waals surface area contributed by atoms with Gasteiger partial charge >= 0.3 is 0 Å². The second kappa shape index (κ2) is 7.26. The molecule has 1 aliphatic heterocycles. The van der Waals surface area contributed by atoms with E-state index >= 15 is 0 Å². The first kappa shape index (κ1) is 16.5. The Kier molecular flexibility index (Phi) is 5.98. The van der Waals surface area contributed by atoms with Crippen molar-refractivity contribution in [1.29, 1.82) is 0 Å². The number of hydrogen-bond acceptors (Lipinski definition) is 3. The molecule has 1 aliphatic carbocycles. The molecule has 0 saturated carbocycles. The molecule has 0 radical (unpaired) electrons. The third-order valence-corrected chi connectivity index (χ3v) is 3.73. The van der Waals surface area contributed by atoms with Crippen LogP contribution in [0, 0.1) is 11.8 Å². The van der Waals surface area contributed by atoms with Crippen LogP contribution in [-0.4, -0.2) is 24.9 Å². The molecule has 2 amide bonds. The van der Waals surface area contributed by atoms with E-state index in [1.807, 2.05) is 0 Å². The van der Waals surface area contributed by atoms with Crippen molar-refractivity contribution in [2.75, 3.05) is 13.1 Å². The quantitative estimate of drug-likeness (QED) is 0.716. The Morgan fingerprint density at radius 2 is 1.35 bits per heavy atom. The number of nitrogens with one attached hydrogen (secondary N) is 1. The summed E-state index contributed by atoms with van der Waals surface area (Å²) in [5.74, 6) is -1.77. The van der Waals surface area contributed by atoms with E-state index in [-0.39, 0.29) is 12.4 Å². The molecule has 0 aromatic heterocycles. The highest BCUT2D eigenvalue weighted by atomic mass is 35.5. The standard InChI is InChI=1S/C8H8.C6H11N3O2.ClH/c1-2-4-8-6-5-7(8)3-1;7-5(10)3-1-9-2-4(3)6(8)11;/h1-4H,5-6H2;3-4,9H,1-2H2,(H2,7,10)(H2,8,11);1H. The molecule has 20 heavy (non-hydrogen) atoms. The van der Waals surface area contributed by atoms with Crippen molar-refractivity contribution in [1.82, 2.24) is 5.32 Å². The number of primary amides is 2. The van der Waals surface area contributed by atoms with Crippen LogP contribution in [-0.2, 0) is 22.4 Å². The summed E-state index contributed by atoms with van der Waals surface area (Å²) in [4.78, 5) is 21.4. The van der Waals surface area contributed by atoms with Gasteiger partial charge in [0.1, 0.15) is 0 Å². The molecule has 2 aliphatic rings. The molecular formula is C14H20ClN3O2. The van der Waals surface area contributed by atoms with Crippen molar-refractivity contribution in [2.24, 2.45) is 23.3 Å². The first-order valence-electron chi connectivity index (χ1n) is 6.45. The molecule has 1 fully saturated rings. The number of nitrogens with two attached hydrogens (primary N) is 2. The van der Waals surface area contributed by atoms with E-state index in [0.717, 1.165) is 0 Å².